The van der Waals surface area contributed by atoms with Crippen LogP contribution in [-0.2, 0) is 20.1 Å². The lowest BCUT2D eigenvalue weighted by molar-refractivity contribution is 0.598. The molecule has 5 nitrogen and oxygen atoms in total. The van der Waals surface area contributed by atoms with E-state index in [0.717, 1.165) is 36.7 Å². The largest absolute Gasteiger partial charge is 0.364 e. The summed E-state index contributed by atoms with van der Waals surface area (Å²) < 4.78 is 3.88. The van der Waals surface area contributed by atoms with E-state index >= 15 is 0 Å². The first-order valence-corrected chi connectivity index (χ1v) is 6.37. The maximum absolute atomic E-state index is 4.49. The first-order chi connectivity index (χ1) is 8.60. The fraction of sp³-hybridized carbons (Fsp3) is 0.538. The lowest BCUT2D eigenvalue weighted by Crippen LogP contribution is -2.01. The molecular formula is C13H22ClN5. The fourth-order valence-corrected chi connectivity index (χ4v) is 1.91. The number of aromatic nitrogens is 4. The zero-order chi connectivity index (χ0) is 13.1. The molecule has 0 fully saturated rings. The van der Waals surface area contributed by atoms with Crippen LogP contribution in [0.25, 0.3) is 0 Å². The summed E-state index contributed by atoms with van der Waals surface area (Å²) in [6.07, 6.45) is 3.22. The third-order valence-corrected chi connectivity index (χ3v) is 3.07. The molecule has 0 saturated carbocycles. The van der Waals surface area contributed by atoms with E-state index in [1.165, 1.54) is 5.56 Å². The van der Waals surface area contributed by atoms with Gasteiger partial charge in [0.25, 0.3) is 0 Å². The number of aryl methyl sites for hydroxylation is 4. The molecule has 2 heterocycles. The van der Waals surface area contributed by atoms with Gasteiger partial charge < -0.3 is 5.32 Å². The summed E-state index contributed by atoms with van der Waals surface area (Å²) in [5, 5.41) is 12.2. The highest BCUT2D eigenvalue weighted by atomic mass is 35.5. The molecule has 1 N–H and O–H groups in total. The summed E-state index contributed by atoms with van der Waals surface area (Å²) in [5.74, 6) is 0.914. The summed E-state index contributed by atoms with van der Waals surface area (Å²) in [5.41, 5.74) is 3.46. The molecule has 2 rings (SSSR count). The van der Waals surface area contributed by atoms with Crippen LogP contribution in [0.3, 0.4) is 0 Å². The average Bonchev–Trinajstić information content (AvgIpc) is 2.81. The van der Waals surface area contributed by atoms with Gasteiger partial charge in [-0.3, -0.25) is 9.36 Å². The number of nitrogens with one attached hydrogen (secondary N) is 1. The van der Waals surface area contributed by atoms with Crippen LogP contribution in [0.4, 0.5) is 5.82 Å². The molecular weight excluding hydrogens is 262 g/mol. The van der Waals surface area contributed by atoms with Crippen molar-refractivity contribution in [1.29, 1.82) is 0 Å². The SMILES string of the molecule is CCCn1cc(CNc2cc(C)n(C)n2)c(C)n1.Cl. The second kappa shape index (κ2) is 6.61. The van der Waals surface area contributed by atoms with Gasteiger partial charge in [-0.05, 0) is 20.3 Å². The van der Waals surface area contributed by atoms with Gasteiger partial charge in [-0.1, -0.05) is 6.92 Å². The average molecular weight is 284 g/mol. The van der Waals surface area contributed by atoms with Crippen molar-refractivity contribution in [3.05, 3.63) is 29.2 Å². The molecule has 0 aliphatic heterocycles. The van der Waals surface area contributed by atoms with Crippen LogP contribution in [0.5, 0.6) is 0 Å². The lowest BCUT2D eigenvalue weighted by atomic mass is 10.2. The Kier molecular flexibility index (Phi) is 5.42. The van der Waals surface area contributed by atoms with Crippen molar-refractivity contribution >= 4 is 18.2 Å². The van der Waals surface area contributed by atoms with Crippen molar-refractivity contribution in [1.82, 2.24) is 19.6 Å². The third-order valence-electron chi connectivity index (χ3n) is 3.07. The van der Waals surface area contributed by atoms with Crippen LogP contribution in [-0.4, -0.2) is 19.6 Å². The summed E-state index contributed by atoms with van der Waals surface area (Å²) in [7, 11) is 1.95. The second-order valence-corrected chi connectivity index (χ2v) is 4.65. The zero-order valence-electron chi connectivity index (χ0n) is 12.0. The summed E-state index contributed by atoms with van der Waals surface area (Å²) in [6, 6.07) is 2.05. The quantitative estimate of drug-likeness (QED) is 0.918. The Labute approximate surface area is 120 Å². The van der Waals surface area contributed by atoms with E-state index in [0.29, 0.717) is 0 Å². The van der Waals surface area contributed by atoms with Gasteiger partial charge in [-0.15, -0.1) is 12.4 Å². The lowest BCUT2D eigenvalue weighted by Gasteiger charge is -2.00. The van der Waals surface area contributed by atoms with E-state index in [1.807, 2.05) is 36.3 Å². The Bertz CT molecular complexity index is 510. The Morgan fingerprint density at radius 2 is 2.00 bits per heavy atom. The van der Waals surface area contributed by atoms with E-state index in [9.17, 15) is 0 Å². The van der Waals surface area contributed by atoms with Crippen LogP contribution in [0.1, 0.15) is 30.3 Å². The molecule has 0 spiro atoms. The van der Waals surface area contributed by atoms with Crippen molar-refractivity contribution < 1.29 is 0 Å². The van der Waals surface area contributed by atoms with Crippen LogP contribution in [0.2, 0.25) is 0 Å². The van der Waals surface area contributed by atoms with Crippen LogP contribution < -0.4 is 5.32 Å². The number of halogens is 1. The zero-order valence-corrected chi connectivity index (χ0v) is 12.8. The molecule has 0 atom stereocenters. The van der Waals surface area contributed by atoms with Gasteiger partial charge in [0.2, 0.25) is 0 Å². The molecule has 0 aliphatic rings. The van der Waals surface area contributed by atoms with E-state index in [-0.39, 0.29) is 12.4 Å². The molecule has 0 aliphatic carbocycles. The van der Waals surface area contributed by atoms with Gasteiger partial charge in [0, 0.05) is 43.7 Å². The standard InChI is InChI=1S/C13H21N5.ClH/c1-5-6-18-9-12(11(3)15-18)8-14-13-7-10(2)17(4)16-13;/h7,9H,5-6,8H2,1-4H3,(H,14,16);1H. The van der Waals surface area contributed by atoms with Crippen LogP contribution in [0.15, 0.2) is 12.3 Å². The van der Waals surface area contributed by atoms with Gasteiger partial charge in [-0.2, -0.15) is 10.2 Å². The molecule has 6 heteroatoms. The van der Waals surface area contributed by atoms with E-state index in [1.54, 1.807) is 0 Å². The number of anilines is 1. The van der Waals surface area contributed by atoms with E-state index in [2.05, 4.69) is 28.6 Å². The Balaban J connectivity index is 0.00000180. The molecule has 19 heavy (non-hydrogen) atoms. The number of rotatable bonds is 5. The van der Waals surface area contributed by atoms with Crippen molar-refractivity contribution in [2.45, 2.75) is 40.3 Å². The number of hydrogen-bond donors (Lipinski definition) is 1. The monoisotopic (exact) mass is 283 g/mol. The maximum atomic E-state index is 4.49. The van der Waals surface area contributed by atoms with Gasteiger partial charge in [0.15, 0.2) is 0 Å². The topological polar surface area (TPSA) is 47.7 Å². The molecule has 2 aromatic rings. The third kappa shape index (κ3) is 3.73. The predicted octanol–water partition coefficient (Wildman–Crippen LogP) is 2.68. The fourth-order valence-electron chi connectivity index (χ4n) is 1.91. The normalized spacial score (nSPS) is 10.3. The van der Waals surface area contributed by atoms with Crippen molar-refractivity contribution in [3.63, 3.8) is 0 Å². The first-order valence-electron chi connectivity index (χ1n) is 6.37. The van der Waals surface area contributed by atoms with Crippen LogP contribution in [0, 0.1) is 13.8 Å². The predicted molar refractivity (Wildman–Crippen MR) is 79.8 cm³/mol. The highest BCUT2D eigenvalue weighted by Crippen LogP contribution is 2.11. The van der Waals surface area contributed by atoms with Crippen molar-refractivity contribution in [2.75, 3.05) is 5.32 Å². The number of hydrogen-bond acceptors (Lipinski definition) is 3. The van der Waals surface area contributed by atoms with E-state index in [4.69, 9.17) is 0 Å². The molecule has 0 bridgehead atoms. The second-order valence-electron chi connectivity index (χ2n) is 4.65. The Hall–Kier alpha value is -1.49. The minimum atomic E-state index is 0. The first kappa shape index (κ1) is 15.6. The summed E-state index contributed by atoms with van der Waals surface area (Å²) >= 11 is 0. The highest BCUT2D eigenvalue weighted by molar-refractivity contribution is 5.85. The molecule has 0 radical (unpaired) electrons. The van der Waals surface area contributed by atoms with Crippen molar-refractivity contribution in [2.24, 2.45) is 7.05 Å². The number of nitrogens with zero attached hydrogens (tertiary/aromatic N) is 4. The Morgan fingerprint density at radius 3 is 2.58 bits per heavy atom. The minimum Gasteiger partial charge on any atom is -0.364 e. The molecule has 0 unspecified atom stereocenters. The van der Waals surface area contributed by atoms with Crippen LogP contribution >= 0.6 is 12.4 Å². The molecule has 2 aromatic heterocycles. The van der Waals surface area contributed by atoms with Gasteiger partial charge in [-0.25, -0.2) is 0 Å². The molecule has 0 amide bonds. The van der Waals surface area contributed by atoms with E-state index < -0.39 is 0 Å². The molecule has 106 valence electrons. The molecule has 0 saturated heterocycles. The van der Waals surface area contributed by atoms with Crippen molar-refractivity contribution in [3.8, 4) is 0 Å². The maximum Gasteiger partial charge on any atom is 0.148 e. The van der Waals surface area contributed by atoms with Gasteiger partial charge >= 0.3 is 0 Å². The summed E-state index contributed by atoms with van der Waals surface area (Å²) in [6.45, 7) is 8.00. The smallest absolute Gasteiger partial charge is 0.148 e. The minimum absolute atomic E-state index is 0. The highest BCUT2D eigenvalue weighted by Gasteiger charge is 2.06. The summed E-state index contributed by atoms with van der Waals surface area (Å²) in [4.78, 5) is 0. The van der Waals surface area contributed by atoms with Gasteiger partial charge in [0.1, 0.15) is 5.82 Å². The Morgan fingerprint density at radius 1 is 1.26 bits per heavy atom. The van der Waals surface area contributed by atoms with Gasteiger partial charge in [0.05, 0.1) is 5.69 Å². The molecule has 0 aromatic carbocycles.